The summed E-state index contributed by atoms with van der Waals surface area (Å²) in [5.74, 6) is 0.802. The van der Waals surface area contributed by atoms with Gasteiger partial charge in [0.15, 0.2) is 0 Å². The first-order valence-electron chi connectivity index (χ1n) is 8.43. The van der Waals surface area contributed by atoms with E-state index in [1.807, 2.05) is 50.1 Å². The highest BCUT2D eigenvalue weighted by molar-refractivity contribution is 7.98. The molecule has 0 aromatic carbocycles. The van der Waals surface area contributed by atoms with Gasteiger partial charge >= 0.3 is 0 Å². The molecule has 0 fully saturated rings. The van der Waals surface area contributed by atoms with E-state index in [1.54, 1.807) is 29.2 Å². The Morgan fingerprint density at radius 3 is 2.96 bits per heavy atom. The molecule has 1 aliphatic rings. The van der Waals surface area contributed by atoms with E-state index >= 15 is 0 Å². The number of hydrogen-bond donors (Lipinski definition) is 1. The van der Waals surface area contributed by atoms with Crippen LogP contribution in [0, 0.1) is 0 Å². The second kappa shape index (κ2) is 7.78. The predicted octanol–water partition coefficient (Wildman–Crippen LogP) is 3.42. The highest BCUT2D eigenvalue weighted by Crippen LogP contribution is 2.33. The minimum absolute atomic E-state index is 0.0919. The van der Waals surface area contributed by atoms with E-state index in [0.29, 0.717) is 12.2 Å². The van der Waals surface area contributed by atoms with Crippen LogP contribution in [0.25, 0.3) is 11.0 Å². The number of rotatable bonds is 5. The maximum atomic E-state index is 13.3. The Balaban J connectivity index is 2.13. The molecule has 0 saturated carbocycles. The Labute approximate surface area is 157 Å². The molecule has 0 saturated heterocycles. The van der Waals surface area contributed by atoms with Gasteiger partial charge in [-0.15, -0.1) is 0 Å². The molecular weight excluding hydrogens is 346 g/mol. The van der Waals surface area contributed by atoms with Crippen molar-refractivity contribution in [2.75, 3.05) is 24.4 Å². The van der Waals surface area contributed by atoms with E-state index < -0.39 is 0 Å². The van der Waals surface area contributed by atoms with Gasteiger partial charge in [-0.1, -0.05) is 12.2 Å². The molecule has 0 atom stereocenters. The maximum Gasteiger partial charge on any atom is 0.280 e. The summed E-state index contributed by atoms with van der Waals surface area (Å²) >= 11 is 1.73. The smallest absolute Gasteiger partial charge is 0.280 e. The normalized spacial score (nSPS) is 15.0. The third kappa shape index (κ3) is 3.03. The van der Waals surface area contributed by atoms with Gasteiger partial charge in [0.25, 0.3) is 5.91 Å². The number of amides is 1. The van der Waals surface area contributed by atoms with Crippen LogP contribution in [0.4, 0.5) is 5.69 Å². The first-order valence-corrected chi connectivity index (χ1v) is 9.82. The summed E-state index contributed by atoms with van der Waals surface area (Å²) in [5.41, 5.74) is 4.09. The summed E-state index contributed by atoms with van der Waals surface area (Å²) in [7, 11) is 3.75. The highest BCUT2D eigenvalue weighted by atomic mass is 32.2. The lowest BCUT2D eigenvalue weighted by atomic mass is 10.1. The van der Waals surface area contributed by atoms with Crippen molar-refractivity contribution in [3.63, 3.8) is 0 Å². The Morgan fingerprint density at radius 1 is 1.46 bits per heavy atom. The first-order chi connectivity index (χ1) is 12.6. The zero-order valence-electron chi connectivity index (χ0n) is 15.5. The number of hydrogen-bond acceptors (Lipinski definition) is 5. The molecule has 136 valence electrons. The minimum Gasteiger partial charge on any atom is -0.387 e. The fourth-order valence-electron chi connectivity index (χ4n) is 3.21. The summed E-state index contributed by atoms with van der Waals surface area (Å²) in [4.78, 5) is 23.9. The molecule has 0 spiro atoms. The molecule has 3 heterocycles. The van der Waals surface area contributed by atoms with Crippen molar-refractivity contribution in [1.82, 2.24) is 14.5 Å². The van der Waals surface area contributed by atoms with Gasteiger partial charge in [0.05, 0.1) is 12.9 Å². The average Bonchev–Trinajstić information content (AvgIpc) is 2.83. The molecule has 0 aliphatic carbocycles. The summed E-state index contributed by atoms with van der Waals surface area (Å²) < 4.78 is 1.87. The Bertz CT molecular complexity index is 926. The van der Waals surface area contributed by atoms with Gasteiger partial charge < -0.3 is 9.88 Å². The highest BCUT2D eigenvalue weighted by Gasteiger charge is 2.29. The van der Waals surface area contributed by atoms with Crippen molar-refractivity contribution in [3.05, 3.63) is 47.4 Å². The van der Waals surface area contributed by atoms with Crippen LogP contribution < -0.4 is 5.32 Å². The minimum atomic E-state index is -0.0919. The molecular formula is C19H23N5OS. The van der Waals surface area contributed by atoms with Crippen molar-refractivity contribution >= 4 is 40.7 Å². The third-order valence-corrected chi connectivity index (χ3v) is 4.96. The van der Waals surface area contributed by atoms with Gasteiger partial charge in [-0.3, -0.25) is 14.7 Å². The standard InChI is InChI=1S/C19H23N5OS/c1-5-13(7-6-10-26-4)24-12-21-11-14-16-15(20-2)8-9-22-18(16)23(3)17(14)19(24)25/h5-9,12H,10-11H2,1-4H3,(H,20,22)/b7-6-,13-5+. The van der Waals surface area contributed by atoms with E-state index in [4.69, 9.17) is 0 Å². The molecule has 0 unspecified atom stereocenters. The summed E-state index contributed by atoms with van der Waals surface area (Å²) in [5, 5.41) is 4.15. The number of nitrogens with zero attached hydrogens (tertiary/aromatic N) is 4. The SMILES string of the molecule is C/C=C(\C=C/CSC)N1C=NCc2c(n(C)c3nccc(NC)c23)C1=O. The fraction of sp³-hybridized carbons (Fsp3) is 0.316. The molecule has 26 heavy (non-hydrogen) atoms. The van der Waals surface area contributed by atoms with Crippen molar-refractivity contribution in [2.45, 2.75) is 13.5 Å². The van der Waals surface area contributed by atoms with Crippen molar-refractivity contribution in [3.8, 4) is 0 Å². The van der Waals surface area contributed by atoms with Crippen molar-refractivity contribution in [1.29, 1.82) is 0 Å². The topological polar surface area (TPSA) is 62.5 Å². The second-order valence-electron chi connectivity index (χ2n) is 5.90. The van der Waals surface area contributed by atoms with E-state index in [2.05, 4.69) is 21.4 Å². The van der Waals surface area contributed by atoms with Gasteiger partial charge in [-0.25, -0.2) is 4.98 Å². The number of aryl methyl sites for hydroxylation is 1. The van der Waals surface area contributed by atoms with Crippen molar-refractivity contribution in [2.24, 2.45) is 12.0 Å². The Hall–Kier alpha value is -2.54. The zero-order valence-corrected chi connectivity index (χ0v) is 16.3. The molecule has 1 aliphatic heterocycles. The molecule has 1 amide bonds. The van der Waals surface area contributed by atoms with Crippen LogP contribution in [-0.2, 0) is 13.6 Å². The van der Waals surface area contributed by atoms with Crippen LogP contribution in [0.1, 0.15) is 23.0 Å². The maximum absolute atomic E-state index is 13.3. The van der Waals surface area contributed by atoms with Crippen LogP contribution in [0.2, 0.25) is 0 Å². The Kier molecular flexibility index (Phi) is 5.46. The number of aromatic nitrogens is 2. The summed E-state index contributed by atoms with van der Waals surface area (Å²) in [6, 6.07) is 1.92. The number of anilines is 1. The summed E-state index contributed by atoms with van der Waals surface area (Å²) in [6.45, 7) is 2.37. The lowest BCUT2D eigenvalue weighted by Crippen LogP contribution is -2.29. The molecule has 7 heteroatoms. The largest absolute Gasteiger partial charge is 0.387 e. The van der Waals surface area contributed by atoms with Crippen LogP contribution in [-0.4, -0.2) is 45.8 Å². The zero-order chi connectivity index (χ0) is 18.7. The lowest BCUT2D eigenvalue weighted by molar-refractivity contribution is 0.0876. The predicted molar refractivity (Wildman–Crippen MR) is 110 cm³/mol. The number of thioether (sulfide) groups is 1. The second-order valence-corrected chi connectivity index (χ2v) is 6.81. The molecule has 0 bridgehead atoms. The molecule has 2 aromatic heterocycles. The number of carbonyl (C=O) groups excluding carboxylic acids is 1. The Morgan fingerprint density at radius 2 is 2.27 bits per heavy atom. The number of allylic oxidation sites excluding steroid dienone is 2. The summed E-state index contributed by atoms with van der Waals surface area (Å²) in [6.07, 6.45) is 11.4. The van der Waals surface area contributed by atoms with Crippen LogP contribution >= 0.6 is 11.8 Å². The molecule has 0 radical (unpaired) electrons. The van der Waals surface area contributed by atoms with Gasteiger partial charge in [0.1, 0.15) is 11.3 Å². The monoisotopic (exact) mass is 369 g/mol. The molecule has 3 rings (SSSR count). The van der Waals surface area contributed by atoms with Gasteiger partial charge in [-0.05, 0) is 25.3 Å². The number of fused-ring (bicyclic) bond motifs is 3. The molecule has 6 nitrogen and oxygen atoms in total. The average molecular weight is 369 g/mol. The number of carbonyl (C=O) groups is 1. The van der Waals surface area contributed by atoms with E-state index in [0.717, 1.165) is 33.7 Å². The molecule has 2 aromatic rings. The quantitative estimate of drug-likeness (QED) is 0.821. The number of pyridine rings is 1. The number of aliphatic imine (C=N–C) groups is 1. The lowest BCUT2D eigenvalue weighted by Gasteiger charge is -2.18. The van der Waals surface area contributed by atoms with Gasteiger partial charge in [0, 0.05) is 48.4 Å². The third-order valence-electron chi connectivity index (χ3n) is 4.43. The van der Waals surface area contributed by atoms with Gasteiger partial charge in [-0.2, -0.15) is 11.8 Å². The van der Waals surface area contributed by atoms with E-state index in [-0.39, 0.29) is 5.91 Å². The van der Waals surface area contributed by atoms with Crippen molar-refractivity contribution < 1.29 is 4.79 Å². The van der Waals surface area contributed by atoms with E-state index in [9.17, 15) is 4.79 Å². The van der Waals surface area contributed by atoms with E-state index in [1.165, 1.54) is 0 Å². The molecule has 1 N–H and O–H groups in total. The van der Waals surface area contributed by atoms with Crippen LogP contribution in [0.15, 0.2) is 41.2 Å². The van der Waals surface area contributed by atoms with Crippen LogP contribution in [0.3, 0.4) is 0 Å². The van der Waals surface area contributed by atoms with Gasteiger partial charge in [0.2, 0.25) is 0 Å². The fourth-order valence-corrected chi connectivity index (χ4v) is 3.50. The van der Waals surface area contributed by atoms with Crippen LogP contribution in [0.5, 0.6) is 0 Å². The number of nitrogens with one attached hydrogen (secondary N) is 1. The first kappa shape index (κ1) is 18.3.